The van der Waals surface area contributed by atoms with Gasteiger partial charge in [-0.1, -0.05) is 0 Å². The number of rotatable bonds is 30. The minimum absolute atomic E-state index is 0.452. The Kier molecular flexibility index (Phi) is 19.8. The first kappa shape index (κ1) is 62.9. The van der Waals surface area contributed by atoms with Gasteiger partial charge in [0.1, 0.15) is 0 Å². The molecule has 0 unspecified atom stereocenters. The van der Waals surface area contributed by atoms with E-state index in [-0.39, 0.29) is 0 Å². The molecule has 0 aliphatic rings. The van der Waals surface area contributed by atoms with E-state index in [9.17, 15) is 105 Å². The summed E-state index contributed by atoms with van der Waals surface area (Å²) >= 11 is 0. The molecule has 0 rings (SSSR count). The molecule has 6 nitrogen and oxygen atoms in total. The summed E-state index contributed by atoms with van der Waals surface area (Å²) in [4.78, 5) is 0. The van der Waals surface area contributed by atoms with Gasteiger partial charge in [0.2, 0.25) is 0 Å². The highest BCUT2D eigenvalue weighted by Crippen LogP contribution is 2.55. The molecule has 0 fully saturated rings. The van der Waals surface area contributed by atoms with Gasteiger partial charge >= 0.3 is 81.2 Å². The highest BCUT2D eigenvalue weighted by molar-refractivity contribution is 6.84. The fraction of sp³-hybridized carbons (Fsp3) is 1.00. The largest absolute Gasteiger partial charge is 0.452 e. The van der Waals surface area contributed by atoms with Crippen molar-refractivity contribution in [2.24, 2.45) is 0 Å². The highest BCUT2D eigenvalue weighted by atomic mass is 28.5. The average Bonchev–Trinajstić information content (AvgIpc) is 3.04. The van der Waals surface area contributed by atoms with Crippen LogP contribution in [-0.4, -0.2) is 126 Å². The minimum atomic E-state index is -6.75. The van der Waals surface area contributed by atoms with E-state index in [1.807, 2.05) is 0 Å². The quantitative estimate of drug-likeness (QED) is 0.0406. The Labute approximate surface area is 355 Å². The molecule has 0 aromatic heterocycles. The maximum absolute atomic E-state index is 14.0. The molecule has 0 aliphatic heterocycles. The first-order valence-corrected chi connectivity index (χ1v) is 28.9. The molecule has 0 amide bonds. The van der Waals surface area contributed by atoms with Gasteiger partial charge in [-0.3, -0.25) is 0 Å². The van der Waals surface area contributed by atoms with Crippen molar-refractivity contribution in [1.82, 2.24) is 0 Å². The molecule has 34 heteroatoms. The topological polar surface area (TPSA) is 55.4 Å². The number of hydrogen-bond donors (Lipinski definition) is 0. The normalized spacial score (nSPS) is 16.0. The Hall–Kier alpha value is -1.05. The summed E-state index contributed by atoms with van der Waals surface area (Å²) in [7, 11) is -14.4. The zero-order chi connectivity index (χ0) is 51.7. The fourth-order valence-corrected chi connectivity index (χ4v) is 17.3. The lowest BCUT2D eigenvalue weighted by atomic mass is 10.1. The van der Waals surface area contributed by atoms with E-state index in [2.05, 4.69) is 14.2 Å². The summed E-state index contributed by atoms with van der Waals surface area (Å²) in [5.41, 5.74) is 0. The van der Waals surface area contributed by atoms with Gasteiger partial charge in [-0.25, -0.2) is 0 Å². The zero-order valence-corrected chi connectivity index (χ0v) is 39.1. The second-order valence-electron chi connectivity index (χ2n) is 16.4. The van der Waals surface area contributed by atoms with Crippen LogP contribution >= 0.6 is 0 Å². The van der Waals surface area contributed by atoms with Crippen molar-refractivity contribution < 1.29 is 132 Å². The van der Waals surface area contributed by atoms with Crippen LogP contribution in [0.15, 0.2) is 0 Å². The van der Waals surface area contributed by atoms with Crippen molar-refractivity contribution >= 4 is 34.5 Å². The van der Waals surface area contributed by atoms with E-state index in [1.54, 1.807) is 0 Å². The van der Waals surface area contributed by atoms with Gasteiger partial charge in [0, 0.05) is 20.8 Å². The van der Waals surface area contributed by atoms with Crippen LogP contribution in [0.5, 0.6) is 0 Å². The molecule has 0 aromatic carbocycles. The van der Waals surface area contributed by atoms with Gasteiger partial charge in [0.15, 0.2) is 25.0 Å². The lowest BCUT2D eigenvalue weighted by Crippen LogP contribution is -2.62. The first-order valence-electron chi connectivity index (χ1n) is 18.1. The third-order valence-corrected chi connectivity index (χ3v) is 23.4. The molecule has 0 saturated carbocycles. The van der Waals surface area contributed by atoms with Gasteiger partial charge in [0.25, 0.3) is 0 Å². The van der Waals surface area contributed by atoms with Crippen LogP contribution in [0, 0.1) is 0 Å². The van der Waals surface area contributed by atoms with Crippen molar-refractivity contribution in [3.8, 4) is 0 Å². The van der Waals surface area contributed by atoms with E-state index < -0.39 is 184 Å². The molecule has 0 N–H and O–H groups in total. The van der Waals surface area contributed by atoms with Crippen molar-refractivity contribution in [3.63, 3.8) is 0 Å². The van der Waals surface area contributed by atoms with Crippen LogP contribution in [0.1, 0.15) is 40.0 Å². The molecule has 0 aliphatic carbocycles. The molecule has 0 bridgehead atoms. The summed E-state index contributed by atoms with van der Waals surface area (Å²) in [5.74, 6) is -57.0. The van der Waals surface area contributed by atoms with E-state index in [4.69, 9.17) is 12.3 Å². The van der Waals surface area contributed by atoms with E-state index in [1.165, 1.54) is 39.3 Å². The lowest BCUT2D eigenvalue weighted by molar-refractivity contribution is -0.425. The Morgan fingerprint density at radius 3 is 0.641 bits per heavy atom. The van der Waals surface area contributed by atoms with Gasteiger partial charge < -0.3 is 26.6 Å². The zero-order valence-electron chi connectivity index (χ0n) is 35.0. The molecule has 0 radical (unpaired) electrons. The number of halogens is 24. The maximum atomic E-state index is 14.0. The Balaban J connectivity index is 6.20. The Morgan fingerprint density at radius 2 is 0.484 bits per heavy atom. The number of alkyl halides is 24. The first-order chi connectivity index (χ1) is 27.7. The van der Waals surface area contributed by atoms with Crippen LogP contribution in [0.25, 0.3) is 0 Å². The molecule has 0 spiro atoms. The maximum Gasteiger partial charge on any atom is 0.452 e. The summed E-state index contributed by atoms with van der Waals surface area (Å²) in [5, 5.41) is 0. The minimum Gasteiger partial charge on any atom is -0.419 e. The van der Waals surface area contributed by atoms with E-state index in [0.29, 0.717) is 0 Å². The molecule has 0 aromatic rings. The van der Waals surface area contributed by atoms with Gasteiger partial charge in [-0.05, 0) is 76.7 Å². The highest BCUT2D eigenvalue weighted by Gasteiger charge is 2.82. The predicted octanol–water partition coefficient (Wildman–Crippen LogP) is 13.1. The summed E-state index contributed by atoms with van der Waals surface area (Å²) in [6, 6.07) is -1.36. The third kappa shape index (κ3) is 14.7. The molecular formula is C30H46F24O6Si4. The smallest absolute Gasteiger partial charge is 0.419 e. The van der Waals surface area contributed by atoms with Gasteiger partial charge in [0.05, 0.1) is 19.8 Å². The van der Waals surface area contributed by atoms with Crippen molar-refractivity contribution in [3.05, 3.63) is 0 Å². The van der Waals surface area contributed by atoms with E-state index in [0.717, 1.165) is 0 Å². The SMILES string of the molecule is CC(F)(F)C(F)(F)C(F)(F)C(F)(F)OCCC[Si](C)(C)O[SiH](O[Si](C)(C)CCCOC(F)(F)C(F)(F)C(F)(F)C(C)(F)F)O[Si](C)(C)CCCOC(F)(F)C(F)(F)C(F)(F)C(C)(F)F. The van der Waals surface area contributed by atoms with Crippen molar-refractivity contribution in [2.45, 2.75) is 169 Å². The Bertz CT molecular complexity index is 1310. The standard InChI is InChI=1S/C30H46F24O6Si4/c1-19(31,32)22(37,38)25(43,44)28(49,50)55-13-10-16-62(4,5)58-61(59-63(6,7)17-11-14-56-29(51,52)26(45,46)23(39,40)20(2,33)34)60-64(8,9)18-12-15-57-30(53,54)27(47,48)24(41,42)21(3,35)36/h61H,10-18H2,1-9H3. The molecule has 386 valence electrons. The van der Waals surface area contributed by atoms with Crippen LogP contribution in [0.2, 0.25) is 57.4 Å². The Morgan fingerprint density at radius 1 is 0.312 bits per heavy atom. The fourth-order valence-electron chi connectivity index (χ4n) is 4.77. The molecule has 0 heterocycles. The summed E-state index contributed by atoms with van der Waals surface area (Å²) < 4.78 is 355. The number of hydrogen-bond acceptors (Lipinski definition) is 6. The van der Waals surface area contributed by atoms with Gasteiger partial charge in [-0.15, -0.1) is 0 Å². The third-order valence-electron chi connectivity index (χ3n) is 8.80. The molecule has 0 saturated heterocycles. The molecular weight excluding hydrogens is 1020 g/mol. The summed E-state index contributed by atoms with van der Waals surface area (Å²) in [6.45, 7) is 0.811. The van der Waals surface area contributed by atoms with Crippen molar-refractivity contribution in [2.75, 3.05) is 19.8 Å². The monoisotopic (exact) mass is 1070 g/mol. The second-order valence-corrected chi connectivity index (χ2v) is 31.9. The van der Waals surface area contributed by atoms with Crippen LogP contribution in [-0.2, 0) is 26.6 Å². The van der Waals surface area contributed by atoms with Crippen LogP contribution in [0.3, 0.4) is 0 Å². The second kappa shape index (κ2) is 20.1. The van der Waals surface area contributed by atoms with Crippen LogP contribution < -0.4 is 0 Å². The summed E-state index contributed by atoms with van der Waals surface area (Å²) in [6.07, 6.45) is -20.8. The van der Waals surface area contributed by atoms with Crippen molar-refractivity contribution in [1.29, 1.82) is 0 Å². The van der Waals surface area contributed by atoms with E-state index >= 15 is 0 Å². The number of ether oxygens (including phenoxy) is 3. The average molecular weight is 1070 g/mol. The molecule has 64 heavy (non-hydrogen) atoms. The predicted molar refractivity (Wildman–Crippen MR) is 185 cm³/mol. The lowest BCUT2D eigenvalue weighted by Gasteiger charge is -2.38. The van der Waals surface area contributed by atoms with Gasteiger partial charge in [-0.2, -0.15) is 105 Å². The van der Waals surface area contributed by atoms with Crippen LogP contribution in [0.4, 0.5) is 105 Å². The molecule has 0 atom stereocenters.